The molecular formula is C22H29N5O2. The predicted octanol–water partition coefficient (Wildman–Crippen LogP) is 3.07. The van der Waals surface area contributed by atoms with E-state index in [0.29, 0.717) is 0 Å². The van der Waals surface area contributed by atoms with Crippen molar-refractivity contribution in [1.82, 2.24) is 19.5 Å². The molecule has 2 aromatic heterocycles. The van der Waals surface area contributed by atoms with Crippen LogP contribution in [0.1, 0.15) is 17.0 Å². The highest BCUT2D eigenvalue weighted by molar-refractivity contribution is 5.81. The molecule has 0 atom stereocenters. The van der Waals surface area contributed by atoms with Gasteiger partial charge in [0.05, 0.1) is 26.0 Å². The quantitative estimate of drug-likeness (QED) is 0.692. The molecule has 1 aromatic carbocycles. The van der Waals surface area contributed by atoms with Gasteiger partial charge in [0.2, 0.25) is 0 Å². The number of aromatic nitrogens is 3. The lowest BCUT2D eigenvalue weighted by Crippen LogP contribution is -2.39. The highest BCUT2D eigenvalue weighted by atomic mass is 16.5. The SMILES string of the molecule is COc1ccc(-c2c(C)nn3c(NCCN4CCOCC4)c(C)c(C)nc23)cc1. The molecule has 1 N–H and O–H groups in total. The molecule has 7 nitrogen and oxygen atoms in total. The van der Waals surface area contributed by atoms with Gasteiger partial charge in [0, 0.05) is 43.0 Å². The van der Waals surface area contributed by atoms with Crippen LogP contribution < -0.4 is 10.1 Å². The smallest absolute Gasteiger partial charge is 0.165 e. The van der Waals surface area contributed by atoms with Gasteiger partial charge in [-0.25, -0.2) is 4.98 Å². The monoisotopic (exact) mass is 395 g/mol. The summed E-state index contributed by atoms with van der Waals surface area (Å²) in [5.74, 6) is 1.86. The molecule has 1 aliphatic rings. The van der Waals surface area contributed by atoms with Gasteiger partial charge in [-0.05, 0) is 38.5 Å². The van der Waals surface area contributed by atoms with Crippen LogP contribution in [0, 0.1) is 20.8 Å². The van der Waals surface area contributed by atoms with E-state index in [9.17, 15) is 0 Å². The van der Waals surface area contributed by atoms with E-state index in [1.54, 1.807) is 7.11 Å². The molecule has 0 radical (unpaired) electrons. The van der Waals surface area contributed by atoms with Gasteiger partial charge in [0.25, 0.3) is 0 Å². The standard InChI is InChI=1S/C22H29N5O2/c1-15-16(2)24-22-20(18-5-7-19(28-4)8-6-18)17(3)25-27(22)21(15)23-9-10-26-11-13-29-14-12-26/h5-8,23H,9-14H2,1-4H3. The first kappa shape index (κ1) is 19.7. The van der Waals surface area contributed by atoms with E-state index in [4.69, 9.17) is 19.6 Å². The number of ether oxygens (including phenoxy) is 2. The maximum absolute atomic E-state index is 5.44. The largest absolute Gasteiger partial charge is 0.497 e. The number of rotatable bonds is 6. The molecule has 0 spiro atoms. The average Bonchev–Trinajstić information content (AvgIpc) is 3.07. The second-order valence-electron chi connectivity index (χ2n) is 7.48. The highest BCUT2D eigenvalue weighted by Gasteiger charge is 2.19. The van der Waals surface area contributed by atoms with Crippen molar-refractivity contribution in [3.63, 3.8) is 0 Å². The number of fused-ring (bicyclic) bond motifs is 1. The van der Waals surface area contributed by atoms with Crippen LogP contribution in [0.4, 0.5) is 5.82 Å². The second-order valence-corrected chi connectivity index (χ2v) is 7.48. The Bertz CT molecular complexity index is 991. The number of benzene rings is 1. The number of methoxy groups -OCH3 is 1. The lowest BCUT2D eigenvalue weighted by molar-refractivity contribution is 0.0398. The minimum Gasteiger partial charge on any atom is -0.497 e. The number of nitrogens with one attached hydrogen (secondary N) is 1. The van der Waals surface area contributed by atoms with E-state index in [1.165, 1.54) is 0 Å². The molecule has 29 heavy (non-hydrogen) atoms. The van der Waals surface area contributed by atoms with Gasteiger partial charge in [0.15, 0.2) is 5.65 Å². The number of hydrogen-bond acceptors (Lipinski definition) is 6. The molecule has 1 fully saturated rings. The molecule has 0 aliphatic carbocycles. The van der Waals surface area contributed by atoms with E-state index in [2.05, 4.69) is 36.2 Å². The van der Waals surface area contributed by atoms with Crippen LogP contribution in [-0.4, -0.2) is 66.0 Å². The number of nitrogens with zero attached hydrogens (tertiary/aromatic N) is 4. The molecule has 0 bridgehead atoms. The third-order valence-electron chi connectivity index (χ3n) is 5.62. The third-order valence-corrected chi connectivity index (χ3v) is 5.62. The van der Waals surface area contributed by atoms with Gasteiger partial charge >= 0.3 is 0 Å². The summed E-state index contributed by atoms with van der Waals surface area (Å²) in [5.41, 5.74) is 6.14. The van der Waals surface area contributed by atoms with Gasteiger partial charge in [0.1, 0.15) is 11.6 Å². The second kappa shape index (κ2) is 8.39. The molecule has 3 aromatic rings. The summed E-state index contributed by atoms with van der Waals surface area (Å²) in [5, 5.41) is 8.44. The molecule has 0 unspecified atom stereocenters. The highest BCUT2D eigenvalue weighted by Crippen LogP contribution is 2.31. The lowest BCUT2D eigenvalue weighted by atomic mass is 10.1. The zero-order chi connectivity index (χ0) is 20.4. The Morgan fingerprint density at radius 1 is 1.07 bits per heavy atom. The Balaban J connectivity index is 1.66. The zero-order valence-corrected chi connectivity index (χ0v) is 17.7. The minimum atomic E-state index is 0.821. The number of aryl methyl sites for hydroxylation is 2. The number of hydrogen-bond donors (Lipinski definition) is 1. The first-order valence-electron chi connectivity index (χ1n) is 10.1. The summed E-state index contributed by atoms with van der Waals surface area (Å²) in [6.45, 7) is 11.7. The summed E-state index contributed by atoms with van der Waals surface area (Å²) in [7, 11) is 1.68. The van der Waals surface area contributed by atoms with Gasteiger partial charge in [-0.3, -0.25) is 4.90 Å². The van der Waals surface area contributed by atoms with Gasteiger partial charge in [-0.15, -0.1) is 0 Å². The topological polar surface area (TPSA) is 63.9 Å². The van der Waals surface area contributed by atoms with Crippen molar-refractivity contribution < 1.29 is 9.47 Å². The van der Waals surface area contributed by atoms with Gasteiger partial charge in [-0.1, -0.05) is 12.1 Å². The Kier molecular flexibility index (Phi) is 5.69. The lowest BCUT2D eigenvalue weighted by Gasteiger charge is -2.26. The van der Waals surface area contributed by atoms with Crippen LogP contribution >= 0.6 is 0 Å². The molecular weight excluding hydrogens is 366 g/mol. The molecule has 0 amide bonds. The summed E-state index contributed by atoms with van der Waals surface area (Å²) < 4.78 is 12.7. The van der Waals surface area contributed by atoms with Crippen LogP contribution in [0.15, 0.2) is 24.3 Å². The van der Waals surface area contributed by atoms with Crippen molar-refractivity contribution in [3.8, 4) is 16.9 Å². The summed E-state index contributed by atoms with van der Waals surface area (Å²) >= 11 is 0. The molecule has 3 heterocycles. The van der Waals surface area contributed by atoms with Crippen molar-refractivity contribution in [3.05, 3.63) is 41.2 Å². The molecule has 4 rings (SSSR count). The summed E-state index contributed by atoms with van der Waals surface area (Å²) in [4.78, 5) is 7.30. The van der Waals surface area contributed by atoms with Gasteiger partial charge in [-0.2, -0.15) is 9.61 Å². The van der Waals surface area contributed by atoms with E-state index in [-0.39, 0.29) is 0 Å². The van der Waals surface area contributed by atoms with Crippen molar-refractivity contribution in [2.24, 2.45) is 0 Å². The summed E-state index contributed by atoms with van der Waals surface area (Å²) in [6.07, 6.45) is 0. The summed E-state index contributed by atoms with van der Waals surface area (Å²) in [6, 6.07) is 8.07. The first-order chi connectivity index (χ1) is 14.1. The predicted molar refractivity (Wildman–Crippen MR) is 115 cm³/mol. The Morgan fingerprint density at radius 3 is 2.48 bits per heavy atom. The van der Waals surface area contributed by atoms with Gasteiger partial charge < -0.3 is 14.8 Å². The van der Waals surface area contributed by atoms with Crippen molar-refractivity contribution >= 4 is 11.5 Å². The fourth-order valence-corrected chi connectivity index (χ4v) is 3.81. The Labute approximate surface area is 171 Å². The number of anilines is 1. The normalized spacial score (nSPS) is 15.0. The maximum atomic E-state index is 5.44. The van der Waals surface area contributed by atoms with Crippen molar-refractivity contribution in [1.29, 1.82) is 0 Å². The average molecular weight is 396 g/mol. The van der Waals surface area contributed by atoms with Crippen LogP contribution in [0.3, 0.4) is 0 Å². The molecule has 1 aliphatic heterocycles. The van der Waals surface area contributed by atoms with Crippen LogP contribution in [-0.2, 0) is 4.74 Å². The minimum absolute atomic E-state index is 0.821. The van der Waals surface area contributed by atoms with E-state index in [0.717, 1.165) is 84.7 Å². The first-order valence-corrected chi connectivity index (χ1v) is 10.1. The fourth-order valence-electron chi connectivity index (χ4n) is 3.81. The Hall–Kier alpha value is -2.64. The van der Waals surface area contributed by atoms with Crippen LogP contribution in [0.2, 0.25) is 0 Å². The van der Waals surface area contributed by atoms with Crippen LogP contribution in [0.5, 0.6) is 5.75 Å². The fraction of sp³-hybridized carbons (Fsp3) is 0.455. The number of morpholine rings is 1. The van der Waals surface area contributed by atoms with Crippen LogP contribution in [0.25, 0.3) is 16.8 Å². The zero-order valence-electron chi connectivity index (χ0n) is 17.7. The van der Waals surface area contributed by atoms with Crippen molar-refractivity contribution in [2.45, 2.75) is 20.8 Å². The maximum Gasteiger partial charge on any atom is 0.165 e. The third kappa shape index (κ3) is 3.93. The molecule has 154 valence electrons. The van der Waals surface area contributed by atoms with E-state index < -0.39 is 0 Å². The van der Waals surface area contributed by atoms with Crippen molar-refractivity contribution in [2.75, 3.05) is 51.8 Å². The molecule has 0 saturated carbocycles. The van der Waals surface area contributed by atoms with E-state index in [1.807, 2.05) is 23.6 Å². The molecule has 7 heteroatoms. The van der Waals surface area contributed by atoms with E-state index >= 15 is 0 Å². The molecule has 1 saturated heterocycles. The Morgan fingerprint density at radius 2 is 1.79 bits per heavy atom.